The fourth-order valence-corrected chi connectivity index (χ4v) is 1.37. The number of nitrogens with zero attached hydrogens (tertiary/aromatic N) is 2. The van der Waals surface area contributed by atoms with Crippen LogP contribution in [0.25, 0.3) is 0 Å². The molecule has 2 N–H and O–H groups in total. The van der Waals surface area contributed by atoms with Crippen LogP contribution in [-0.4, -0.2) is 9.97 Å². The van der Waals surface area contributed by atoms with Gasteiger partial charge in [-0.05, 0) is 28.1 Å². The van der Waals surface area contributed by atoms with Gasteiger partial charge in [0, 0.05) is 6.07 Å². The molecule has 0 amide bonds. The van der Waals surface area contributed by atoms with Crippen molar-refractivity contribution in [3.05, 3.63) is 40.9 Å². The summed E-state index contributed by atoms with van der Waals surface area (Å²) in [4.78, 5) is 7.70. The van der Waals surface area contributed by atoms with Gasteiger partial charge >= 0.3 is 0 Å². The first-order chi connectivity index (χ1) is 7.65. The summed E-state index contributed by atoms with van der Waals surface area (Å²) in [6.45, 7) is 0. The number of ether oxygens (including phenoxy) is 1. The van der Waals surface area contributed by atoms with Crippen LogP contribution in [0.4, 0.5) is 10.2 Å². The highest BCUT2D eigenvalue weighted by molar-refractivity contribution is 9.10. The predicted molar refractivity (Wildman–Crippen MR) is 60.6 cm³/mol. The SMILES string of the molecule is Nc1cnc(Oc2cc(F)ccc2Br)cn1. The van der Waals surface area contributed by atoms with Crippen molar-refractivity contribution < 1.29 is 9.13 Å². The molecular weight excluding hydrogens is 277 g/mol. The number of hydrogen-bond donors (Lipinski definition) is 1. The van der Waals surface area contributed by atoms with Crippen molar-refractivity contribution in [2.45, 2.75) is 0 Å². The second kappa shape index (κ2) is 4.44. The van der Waals surface area contributed by atoms with Crippen molar-refractivity contribution in [2.75, 3.05) is 5.73 Å². The van der Waals surface area contributed by atoms with Gasteiger partial charge in [-0.25, -0.2) is 14.4 Å². The molecule has 0 unspecified atom stereocenters. The lowest BCUT2D eigenvalue weighted by Crippen LogP contribution is -1.94. The molecule has 1 aromatic carbocycles. The molecule has 0 saturated heterocycles. The number of hydrogen-bond acceptors (Lipinski definition) is 4. The third-order valence-corrected chi connectivity index (χ3v) is 2.41. The molecule has 2 aromatic rings. The second-order valence-electron chi connectivity index (χ2n) is 2.96. The number of halogens is 2. The standard InChI is InChI=1S/C10H7BrFN3O/c11-7-2-1-6(12)3-8(7)16-10-5-14-9(13)4-15-10/h1-5H,(H2,13,14). The maximum absolute atomic E-state index is 13.0. The maximum atomic E-state index is 13.0. The van der Waals surface area contributed by atoms with Crippen LogP contribution >= 0.6 is 15.9 Å². The van der Waals surface area contributed by atoms with E-state index in [0.717, 1.165) is 0 Å². The number of benzene rings is 1. The molecule has 82 valence electrons. The minimum absolute atomic E-state index is 0.250. The van der Waals surface area contributed by atoms with E-state index in [0.29, 0.717) is 16.0 Å². The molecule has 6 heteroatoms. The molecule has 0 aliphatic rings. The number of nitrogen functional groups attached to an aromatic ring is 1. The van der Waals surface area contributed by atoms with Gasteiger partial charge in [0.05, 0.1) is 16.9 Å². The topological polar surface area (TPSA) is 61.0 Å². The molecule has 1 aromatic heterocycles. The van der Waals surface area contributed by atoms with Crippen molar-refractivity contribution in [3.8, 4) is 11.6 Å². The Morgan fingerprint density at radius 3 is 2.75 bits per heavy atom. The summed E-state index contributed by atoms with van der Waals surface area (Å²) in [5.74, 6) is 0.492. The van der Waals surface area contributed by atoms with E-state index in [1.807, 2.05) is 0 Å². The van der Waals surface area contributed by atoms with Crippen LogP contribution in [-0.2, 0) is 0 Å². The largest absolute Gasteiger partial charge is 0.436 e. The highest BCUT2D eigenvalue weighted by Gasteiger charge is 2.05. The van der Waals surface area contributed by atoms with E-state index < -0.39 is 0 Å². The number of aromatic nitrogens is 2. The summed E-state index contributed by atoms with van der Waals surface area (Å²) in [5, 5.41) is 0. The van der Waals surface area contributed by atoms with Crippen LogP contribution in [0.15, 0.2) is 35.1 Å². The Morgan fingerprint density at radius 2 is 2.06 bits per heavy atom. The van der Waals surface area contributed by atoms with Gasteiger partial charge in [-0.1, -0.05) is 0 Å². The van der Waals surface area contributed by atoms with E-state index >= 15 is 0 Å². The molecular formula is C10H7BrFN3O. The van der Waals surface area contributed by atoms with E-state index in [4.69, 9.17) is 10.5 Å². The Kier molecular flexibility index (Phi) is 3.00. The molecule has 0 saturated carbocycles. The van der Waals surface area contributed by atoms with Gasteiger partial charge in [-0.15, -0.1) is 0 Å². The van der Waals surface area contributed by atoms with Gasteiger partial charge in [0.15, 0.2) is 0 Å². The van der Waals surface area contributed by atoms with E-state index in [-0.39, 0.29) is 11.7 Å². The Bertz CT molecular complexity index is 504. The molecule has 0 bridgehead atoms. The molecule has 0 aliphatic heterocycles. The van der Waals surface area contributed by atoms with Crippen LogP contribution in [0, 0.1) is 5.82 Å². The zero-order valence-electron chi connectivity index (χ0n) is 8.02. The first kappa shape index (κ1) is 10.8. The summed E-state index contributed by atoms with van der Waals surface area (Å²) >= 11 is 3.24. The number of anilines is 1. The smallest absolute Gasteiger partial charge is 0.238 e. The van der Waals surface area contributed by atoms with Gasteiger partial charge in [-0.3, -0.25) is 0 Å². The molecule has 4 nitrogen and oxygen atoms in total. The van der Waals surface area contributed by atoms with Gasteiger partial charge < -0.3 is 10.5 Å². The lowest BCUT2D eigenvalue weighted by molar-refractivity contribution is 0.453. The first-order valence-electron chi connectivity index (χ1n) is 4.35. The monoisotopic (exact) mass is 283 g/mol. The van der Waals surface area contributed by atoms with E-state index in [9.17, 15) is 4.39 Å². The molecule has 0 atom stereocenters. The van der Waals surface area contributed by atoms with Gasteiger partial charge in [0.1, 0.15) is 17.4 Å². The first-order valence-corrected chi connectivity index (χ1v) is 5.15. The molecule has 0 aliphatic carbocycles. The number of nitrogens with two attached hydrogens (primary N) is 1. The van der Waals surface area contributed by atoms with Crippen molar-refractivity contribution in [1.29, 1.82) is 0 Å². The highest BCUT2D eigenvalue weighted by atomic mass is 79.9. The molecule has 0 fully saturated rings. The third kappa shape index (κ3) is 2.46. The minimum atomic E-state index is -0.387. The van der Waals surface area contributed by atoms with E-state index in [1.165, 1.54) is 24.5 Å². The van der Waals surface area contributed by atoms with E-state index in [2.05, 4.69) is 25.9 Å². The van der Waals surface area contributed by atoms with Gasteiger partial charge in [0.25, 0.3) is 0 Å². The Balaban J connectivity index is 2.26. The fraction of sp³-hybridized carbons (Fsp3) is 0. The van der Waals surface area contributed by atoms with E-state index in [1.54, 1.807) is 6.07 Å². The molecule has 0 spiro atoms. The predicted octanol–water partition coefficient (Wildman–Crippen LogP) is 2.75. The summed E-state index contributed by atoms with van der Waals surface area (Å²) in [5.41, 5.74) is 5.38. The van der Waals surface area contributed by atoms with Gasteiger partial charge in [-0.2, -0.15) is 0 Å². The molecule has 16 heavy (non-hydrogen) atoms. The second-order valence-corrected chi connectivity index (χ2v) is 3.81. The Labute approximate surface area is 99.4 Å². The maximum Gasteiger partial charge on any atom is 0.238 e. The van der Waals surface area contributed by atoms with Crippen LogP contribution < -0.4 is 10.5 Å². The summed E-state index contributed by atoms with van der Waals surface area (Å²) in [7, 11) is 0. The van der Waals surface area contributed by atoms with Crippen LogP contribution in [0.2, 0.25) is 0 Å². The van der Waals surface area contributed by atoms with Crippen molar-refractivity contribution in [2.24, 2.45) is 0 Å². The molecule has 1 heterocycles. The average Bonchev–Trinajstić information content (AvgIpc) is 2.27. The number of rotatable bonds is 2. The average molecular weight is 284 g/mol. The van der Waals surface area contributed by atoms with Gasteiger partial charge in [0.2, 0.25) is 5.88 Å². The molecule has 2 rings (SSSR count). The van der Waals surface area contributed by atoms with Crippen LogP contribution in [0.5, 0.6) is 11.6 Å². The van der Waals surface area contributed by atoms with Crippen molar-refractivity contribution in [1.82, 2.24) is 9.97 Å². The summed E-state index contributed by atoms with van der Waals surface area (Å²) < 4.78 is 18.9. The highest BCUT2D eigenvalue weighted by Crippen LogP contribution is 2.29. The Hall–Kier alpha value is -1.69. The lowest BCUT2D eigenvalue weighted by atomic mass is 10.3. The zero-order chi connectivity index (χ0) is 11.5. The van der Waals surface area contributed by atoms with Crippen molar-refractivity contribution in [3.63, 3.8) is 0 Å². The normalized spacial score (nSPS) is 10.1. The van der Waals surface area contributed by atoms with Crippen molar-refractivity contribution >= 4 is 21.7 Å². The summed E-state index contributed by atoms with van der Waals surface area (Å²) in [6.07, 6.45) is 2.73. The van der Waals surface area contributed by atoms with Crippen LogP contribution in [0.3, 0.4) is 0 Å². The fourth-order valence-electron chi connectivity index (χ4n) is 1.05. The van der Waals surface area contributed by atoms with Crippen LogP contribution in [0.1, 0.15) is 0 Å². The Morgan fingerprint density at radius 1 is 1.25 bits per heavy atom. The summed E-state index contributed by atoms with van der Waals surface area (Å²) in [6, 6.07) is 4.13. The quantitative estimate of drug-likeness (QED) is 0.921. The lowest BCUT2D eigenvalue weighted by Gasteiger charge is -2.06. The zero-order valence-corrected chi connectivity index (χ0v) is 9.61. The minimum Gasteiger partial charge on any atom is -0.436 e. The molecule has 0 radical (unpaired) electrons. The third-order valence-electron chi connectivity index (χ3n) is 1.76.